The van der Waals surface area contributed by atoms with Crippen molar-refractivity contribution in [1.29, 1.82) is 0 Å². The fraction of sp³-hybridized carbons (Fsp3) is 0.222. The van der Waals surface area contributed by atoms with E-state index in [0.717, 1.165) is 29.5 Å². The van der Waals surface area contributed by atoms with Crippen molar-refractivity contribution < 1.29 is 13.6 Å². The van der Waals surface area contributed by atoms with Crippen molar-refractivity contribution in [2.45, 2.75) is 12.3 Å². The number of aryl methyl sites for hydroxylation is 1. The van der Waals surface area contributed by atoms with Gasteiger partial charge in [-0.25, -0.2) is 8.78 Å². The number of hydrogen-bond donors (Lipinski definition) is 2. The Labute approximate surface area is 173 Å². The van der Waals surface area contributed by atoms with Crippen LogP contribution in [0.2, 0.25) is 9.36 Å². The van der Waals surface area contributed by atoms with Crippen LogP contribution in [0, 0.1) is 11.6 Å². The fourth-order valence-corrected chi connectivity index (χ4v) is 4.82. The van der Waals surface area contributed by atoms with Crippen LogP contribution in [0.3, 0.4) is 0 Å². The van der Waals surface area contributed by atoms with Crippen molar-refractivity contribution in [2.24, 2.45) is 18.5 Å². The van der Waals surface area contributed by atoms with Gasteiger partial charge in [0.2, 0.25) is 0 Å². The minimum atomic E-state index is -0.690. The first-order chi connectivity index (χ1) is 13.2. The maximum Gasteiger partial charge on any atom is 0.259 e. The first kappa shape index (κ1) is 20.7. The zero-order valence-electron chi connectivity index (χ0n) is 14.7. The number of benzene rings is 1. The van der Waals surface area contributed by atoms with E-state index in [1.165, 1.54) is 10.9 Å². The molecule has 0 radical (unpaired) electrons. The van der Waals surface area contributed by atoms with Crippen molar-refractivity contribution in [3.05, 3.63) is 61.4 Å². The Morgan fingerprint density at radius 2 is 2.07 bits per heavy atom. The molecule has 1 aromatic carbocycles. The summed E-state index contributed by atoms with van der Waals surface area (Å²) >= 11 is 13.7. The van der Waals surface area contributed by atoms with Crippen LogP contribution in [0.1, 0.15) is 26.7 Å². The molecule has 0 aliphatic carbocycles. The average molecular weight is 445 g/mol. The van der Waals surface area contributed by atoms with E-state index in [2.05, 4.69) is 5.10 Å². The molecule has 4 N–H and O–H groups in total. The van der Waals surface area contributed by atoms with Gasteiger partial charge in [-0.1, -0.05) is 23.2 Å². The molecular formula is C18H16Cl2F2N4OS. The van der Waals surface area contributed by atoms with Crippen LogP contribution in [0.5, 0.6) is 0 Å². The Kier molecular flexibility index (Phi) is 6.04. The Morgan fingerprint density at radius 1 is 1.36 bits per heavy atom. The van der Waals surface area contributed by atoms with Crippen molar-refractivity contribution in [2.75, 3.05) is 6.54 Å². The van der Waals surface area contributed by atoms with Gasteiger partial charge in [-0.2, -0.15) is 5.10 Å². The van der Waals surface area contributed by atoms with Crippen molar-refractivity contribution in [3.63, 3.8) is 0 Å². The summed E-state index contributed by atoms with van der Waals surface area (Å²) in [4.78, 5) is 12.3. The number of primary amides is 1. The number of nitrogens with zero attached hydrogens (tertiary/aromatic N) is 2. The van der Waals surface area contributed by atoms with E-state index in [1.807, 2.05) is 0 Å². The number of hydrogen-bond acceptors (Lipinski definition) is 4. The Bertz CT molecular complexity index is 1030. The van der Waals surface area contributed by atoms with Crippen LogP contribution in [0.4, 0.5) is 8.78 Å². The van der Waals surface area contributed by atoms with E-state index in [9.17, 15) is 13.6 Å². The third kappa shape index (κ3) is 3.77. The fourth-order valence-electron chi connectivity index (χ4n) is 3.17. The smallest absolute Gasteiger partial charge is 0.259 e. The summed E-state index contributed by atoms with van der Waals surface area (Å²) < 4.78 is 29.6. The van der Waals surface area contributed by atoms with E-state index in [4.69, 9.17) is 34.7 Å². The summed E-state index contributed by atoms with van der Waals surface area (Å²) in [6.45, 7) is 0.0474. The van der Waals surface area contributed by atoms with E-state index in [-0.39, 0.29) is 27.7 Å². The maximum atomic E-state index is 14.2. The molecule has 0 bridgehead atoms. The van der Waals surface area contributed by atoms with Gasteiger partial charge in [0.1, 0.15) is 16.0 Å². The van der Waals surface area contributed by atoms with Crippen LogP contribution in [-0.2, 0) is 13.5 Å². The van der Waals surface area contributed by atoms with Crippen LogP contribution in [-0.4, -0.2) is 22.2 Å². The lowest BCUT2D eigenvalue weighted by atomic mass is 9.88. The number of thiophene rings is 1. The van der Waals surface area contributed by atoms with Crippen LogP contribution in [0.25, 0.3) is 11.3 Å². The molecule has 10 heteroatoms. The Morgan fingerprint density at radius 3 is 2.64 bits per heavy atom. The summed E-state index contributed by atoms with van der Waals surface area (Å²) in [5.41, 5.74) is 13.1. The zero-order chi connectivity index (χ0) is 20.6. The highest BCUT2D eigenvalue weighted by molar-refractivity contribution is 7.18. The van der Waals surface area contributed by atoms with Crippen molar-refractivity contribution >= 4 is 40.4 Å². The highest BCUT2D eigenvalue weighted by Crippen LogP contribution is 2.46. The Hall–Kier alpha value is -2.00. The standard InChI is InChI=1S/C18H16Cl2F2N4OS/c1-26-15(11(19)7-25-26)14-13(16(18(24)27)28-17(14)20)9(6-23)4-8-5-10(21)2-3-12(8)22/h2-3,5,7,9H,4,6,23H2,1H3,(H2,24,27)/t9-/m1/s1. The third-order valence-electron chi connectivity index (χ3n) is 4.42. The quantitative estimate of drug-likeness (QED) is 0.599. The molecule has 0 unspecified atom stereocenters. The molecule has 0 fully saturated rings. The molecule has 2 heterocycles. The summed E-state index contributed by atoms with van der Waals surface area (Å²) in [5, 5.41) is 4.42. The summed E-state index contributed by atoms with van der Waals surface area (Å²) in [5.74, 6) is -2.38. The van der Waals surface area contributed by atoms with Crippen molar-refractivity contribution in [3.8, 4) is 11.3 Å². The molecule has 1 amide bonds. The predicted octanol–water partition coefficient (Wildman–Crippen LogP) is 4.12. The Balaban J connectivity index is 2.20. The minimum absolute atomic E-state index is 0.0474. The highest BCUT2D eigenvalue weighted by atomic mass is 35.5. The molecule has 2 aromatic heterocycles. The average Bonchev–Trinajstić information content (AvgIpc) is 3.14. The van der Waals surface area contributed by atoms with E-state index < -0.39 is 23.5 Å². The second kappa shape index (κ2) is 8.16. The molecular weight excluding hydrogens is 429 g/mol. The molecule has 0 aliphatic rings. The van der Waals surface area contributed by atoms with Crippen molar-refractivity contribution in [1.82, 2.24) is 9.78 Å². The second-order valence-corrected chi connectivity index (χ2v) is 8.22. The molecule has 1 atom stereocenters. The molecule has 0 aliphatic heterocycles. The van der Waals surface area contributed by atoms with Gasteiger partial charge in [-0.3, -0.25) is 9.48 Å². The lowest BCUT2D eigenvalue weighted by molar-refractivity contribution is 0.100. The summed E-state index contributed by atoms with van der Waals surface area (Å²) in [6.07, 6.45) is 1.50. The third-order valence-corrected chi connectivity index (χ3v) is 6.13. The van der Waals surface area contributed by atoms with E-state index in [0.29, 0.717) is 21.8 Å². The summed E-state index contributed by atoms with van der Waals surface area (Å²) in [6, 6.07) is 3.19. The molecule has 28 heavy (non-hydrogen) atoms. The number of halogens is 4. The molecule has 5 nitrogen and oxygen atoms in total. The van der Waals surface area contributed by atoms with Gasteiger partial charge in [0, 0.05) is 18.5 Å². The maximum absolute atomic E-state index is 14.2. The number of nitrogens with two attached hydrogens (primary N) is 2. The zero-order valence-corrected chi connectivity index (χ0v) is 17.0. The van der Waals surface area contributed by atoms with E-state index >= 15 is 0 Å². The van der Waals surface area contributed by atoms with Gasteiger partial charge in [0.15, 0.2) is 0 Å². The highest BCUT2D eigenvalue weighted by Gasteiger charge is 2.30. The first-order valence-corrected chi connectivity index (χ1v) is 9.75. The van der Waals surface area contributed by atoms with Gasteiger partial charge < -0.3 is 11.5 Å². The number of rotatable bonds is 6. The van der Waals surface area contributed by atoms with Gasteiger partial charge in [0.05, 0.1) is 21.8 Å². The molecule has 0 saturated carbocycles. The monoisotopic (exact) mass is 444 g/mol. The number of carbonyl (C=O) groups is 1. The largest absolute Gasteiger partial charge is 0.365 e. The lowest BCUT2D eigenvalue weighted by Crippen LogP contribution is -2.20. The van der Waals surface area contributed by atoms with Gasteiger partial charge in [-0.15, -0.1) is 11.3 Å². The SMILES string of the molecule is Cn1ncc(Cl)c1-c1c(Cl)sc(C(N)=O)c1[C@@H](CN)Cc1cc(F)ccc1F. The number of amides is 1. The normalized spacial score (nSPS) is 12.4. The molecule has 0 saturated heterocycles. The lowest BCUT2D eigenvalue weighted by Gasteiger charge is -2.19. The van der Waals surface area contributed by atoms with Gasteiger partial charge in [-0.05, 0) is 42.3 Å². The van der Waals surface area contributed by atoms with Gasteiger partial charge >= 0.3 is 0 Å². The van der Waals surface area contributed by atoms with Crippen LogP contribution in [0.15, 0.2) is 24.4 Å². The first-order valence-electron chi connectivity index (χ1n) is 8.18. The molecule has 0 spiro atoms. The molecule has 3 aromatic rings. The minimum Gasteiger partial charge on any atom is -0.365 e. The number of aromatic nitrogens is 2. The van der Waals surface area contributed by atoms with Crippen LogP contribution < -0.4 is 11.5 Å². The van der Waals surface area contributed by atoms with Gasteiger partial charge in [0.25, 0.3) is 5.91 Å². The second-order valence-electron chi connectivity index (χ2n) is 6.20. The number of carbonyl (C=O) groups excluding carboxylic acids is 1. The summed E-state index contributed by atoms with van der Waals surface area (Å²) in [7, 11) is 1.67. The predicted molar refractivity (Wildman–Crippen MR) is 107 cm³/mol. The van der Waals surface area contributed by atoms with E-state index in [1.54, 1.807) is 7.05 Å². The molecule has 3 rings (SSSR count). The topological polar surface area (TPSA) is 86.9 Å². The van der Waals surface area contributed by atoms with Crippen LogP contribution >= 0.6 is 34.5 Å². The molecule has 148 valence electrons.